The lowest BCUT2D eigenvalue weighted by Gasteiger charge is -2.16. The number of carbonyl (C=O) groups excluding carboxylic acids is 1. The van der Waals surface area contributed by atoms with Crippen LogP contribution in [0.4, 0.5) is 0 Å². The number of phosphoric ester groups is 1. The number of ether oxygens (including phenoxy) is 1. The topological polar surface area (TPSA) is 112 Å². The molecule has 9 heteroatoms. The highest BCUT2D eigenvalue weighted by molar-refractivity contribution is 7.48. The number of unbranched alkanes of at least 4 members (excludes halogenated alkanes) is 1. The van der Waals surface area contributed by atoms with E-state index in [2.05, 4.69) is 0 Å². The lowest BCUT2D eigenvalue weighted by molar-refractivity contribution is 0.0484. The van der Waals surface area contributed by atoms with Gasteiger partial charge < -0.3 is 14.9 Å². The van der Waals surface area contributed by atoms with E-state index in [9.17, 15) is 19.6 Å². The predicted molar refractivity (Wildman–Crippen MR) is 86.1 cm³/mol. The number of benzene rings is 1. The molecule has 1 rings (SSSR count). The van der Waals surface area contributed by atoms with Gasteiger partial charge in [-0.1, -0.05) is 6.07 Å². The van der Waals surface area contributed by atoms with Gasteiger partial charge in [-0.05, 0) is 38.8 Å². The van der Waals surface area contributed by atoms with Crippen LogP contribution in [-0.4, -0.2) is 42.6 Å². The second-order valence-electron chi connectivity index (χ2n) is 4.63. The molecule has 0 heterocycles. The molecule has 0 spiro atoms. The number of esters is 1. The van der Waals surface area contributed by atoms with Crippen molar-refractivity contribution >= 4 is 13.8 Å². The Morgan fingerprint density at radius 2 is 1.67 bits per heavy atom. The predicted octanol–water partition coefficient (Wildman–Crippen LogP) is 3.23. The molecule has 2 N–H and O–H groups in total. The van der Waals surface area contributed by atoms with E-state index in [-0.39, 0.29) is 37.7 Å². The van der Waals surface area contributed by atoms with Crippen molar-refractivity contribution in [1.29, 1.82) is 0 Å². The zero-order chi connectivity index (χ0) is 18.0. The number of phenolic OH excluding ortho intramolecular Hbond substituents is 2. The SMILES string of the molecule is CCOP(=O)(OCC)OCCCCOC(=O)c1cccc(O)c1O. The fraction of sp³-hybridized carbons (Fsp3) is 0.533. The fourth-order valence-corrected chi connectivity index (χ4v) is 2.96. The smallest absolute Gasteiger partial charge is 0.474 e. The van der Waals surface area contributed by atoms with E-state index in [0.29, 0.717) is 12.8 Å². The average Bonchev–Trinajstić information content (AvgIpc) is 2.53. The Kier molecular flexibility index (Phi) is 8.78. The molecule has 0 radical (unpaired) electrons. The van der Waals surface area contributed by atoms with E-state index >= 15 is 0 Å². The summed E-state index contributed by atoms with van der Waals surface area (Å²) in [5.74, 6) is -1.64. The molecule has 8 nitrogen and oxygen atoms in total. The van der Waals surface area contributed by atoms with Crippen LogP contribution in [0.15, 0.2) is 18.2 Å². The monoisotopic (exact) mass is 362 g/mol. The first kappa shape index (κ1) is 20.4. The number of hydrogen-bond acceptors (Lipinski definition) is 8. The summed E-state index contributed by atoms with van der Waals surface area (Å²) in [6, 6.07) is 4.04. The molecule has 0 aliphatic heterocycles. The van der Waals surface area contributed by atoms with E-state index < -0.39 is 19.5 Å². The van der Waals surface area contributed by atoms with Gasteiger partial charge in [-0.15, -0.1) is 0 Å². The van der Waals surface area contributed by atoms with Gasteiger partial charge in [0.05, 0.1) is 26.4 Å². The van der Waals surface area contributed by atoms with Gasteiger partial charge in [-0.25, -0.2) is 9.36 Å². The minimum atomic E-state index is -3.52. The Labute approximate surface area is 140 Å². The number of carbonyl (C=O) groups is 1. The van der Waals surface area contributed by atoms with Gasteiger partial charge in [0, 0.05) is 0 Å². The van der Waals surface area contributed by atoms with Crippen LogP contribution in [0.1, 0.15) is 37.0 Å². The van der Waals surface area contributed by atoms with Crippen molar-refractivity contribution in [1.82, 2.24) is 0 Å². The molecule has 0 fully saturated rings. The molecule has 0 saturated heterocycles. The summed E-state index contributed by atoms with van der Waals surface area (Å²) in [7, 11) is -3.52. The minimum absolute atomic E-state index is 0.0882. The molecule has 0 amide bonds. The third-order valence-corrected chi connectivity index (χ3v) is 4.48. The second-order valence-corrected chi connectivity index (χ2v) is 6.30. The van der Waals surface area contributed by atoms with Crippen molar-refractivity contribution < 1.29 is 37.9 Å². The molecule has 0 aliphatic carbocycles. The van der Waals surface area contributed by atoms with E-state index in [4.69, 9.17) is 18.3 Å². The van der Waals surface area contributed by atoms with E-state index in [1.807, 2.05) is 0 Å². The van der Waals surface area contributed by atoms with E-state index in [0.717, 1.165) is 0 Å². The van der Waals surface area contributed by atoms with Crippen molar-refractivity contribution in [2.45, 2.75) is 26.7 Å². The van der Waals surface area contributed by atoms with Crippen LogP contribution in [0.25, 0.3) is 0 Å². The van der Waals surface area contributed by atoms with Crippen LogP contribution >= 0.6 is 7.82 Å². The molecule has 1 aromatic carbocycles. The Hall–Kier alpha value is -1.60. The van der Waals surface area contributed by atoms with Crippen LogP contribution in [0.5, 0.6) is 11.5 Å². The van der Waals surface area contributed by atoms with Crippen LogP contribution in [0.2, 0.25) is 0 Å². The van der Waals surface area contributed by atoms with Gasteiger partial charge in [0.15, 0.2) is 11.5 Å². The summed E-state index contributed by atoms with van der Waals surface area (Å²) in [6.45, 7) is 4.01. The summed E-state index contributed by atoms with van der Waals surface area (Å²) in [5, 5.41) is 18.9. The van der Waals surface area contributed by atoms with Crippen molar-refractivity contribution in [3.8, 4) is 11.5 Å². The highest BCUT2D eigenvalue weighted by atomic mass is 31.2. The molecule has 24 heavy (non-hydrogen) atoms. The zero-order valence-corrected chi connectivity index (χ0v) is 14.7. The Morgan fingerprint density at radius 3 is 2.29 bits per heavy atom. The number of phosphoric acid groups is 1. The Bertz CT molecular complexity index is 565. The van der Waals surface area contributed by atoms with Gasteiger partial charge >= 0.3 is 13.8 Å². The van der Waals surface area contributed by atoms with Crippen molar-refractivity contribution in [2.24, 2.45) is 0 Å². The summed E-state index contributed by atoms with van der Waals surface area (Å²) in [4.78, 5) is 11.8. The lowest BCUT2D eigenvalue weighted by atomic mass is 10.2. The molecular formula is C15H23O8P. The lowest BCUT2D eigenvalue weighted by Crippen LogP contribution is -2.08. The van der Waals surface area contributed by atoms with Crippen molar-refractivity contribution in [2.75, 3.05) is 26.4 Å². The second kappa shape index (κ2) is 10.3. The summed E-state index contributed by atoms with van der Waals surface area (Å²) in [6.07, 6.45) is 0.938. The number of phenols is 2. The highest BCUT2D eigenvalue weighted by Gasteiger charge is 2.24. The summed E-state index contributed by atoms with van der Waals surface area (Å²) in [5.41, 5.74) is -0.108. The first-order valence-corrected chi connectivity index (χ1v) is 9.11. The molecule has 136 valence electrons. The van der Waals surface area contributed by atoms with Gasteiger partial charge in [0.25, 0.3) is 0 Å². The van der Waals surface area contributed by atoms with Crippen molar-refractivity contribution in [3.05, 3.63) is 23.8 Å². The van der Waals surface area contributed by atoms with Gasteiger partial charge in [0.2, 0.25) is 0 Å². The van der Waals surface area contributed by atoms with Crippen LogP contribution < -0.4 is 0 Å². The highest BCUT2D eigenvalue weighted by Crippen LogP contribution is 2.49. The Morgan fingerprint density at radius 1 is 1.04 bits per heavy atom. The molecule has 1 aromatic rings. The molecule has 0 aromatic heterocycles. The fourth-order valence-electron chi connectivity index (χ4n) is 1.75. The molecule has 0 saturated carbocycles. The van der Waals surface area contributed by atoms with E-state index in [1.54, 1.807) is 13.8 Å². The maximum Gasteiger partial charge on any atom is 0.474 e. The molecule has 0 bridgehead atoms. The number of hydrogen-bond donors (Lipinski definition) is 2. The third-order valence-electron chi connectivity index (χ3n) is 2.83. The minimum Gasteiger partial charge on any atom is -0.504 e. The van der Waals surface area contributed by atoms with Crippen molar-refractivity contribution in [3.63, 3.8) is 0 Å². The summed E-state index contributed by atoms with van der Waals surface area (Å²) < 4.78 is 32.1. The quantitative estimate of drug-likeness (QED) is 0.267. The number of rotatable bonds is 11. The summed E-state index contributed by atoms with van der Waals surface area (Å²) >= 11 is 0. The molecular weight excluding hydrogens is 339 g/mol. The molecule has 0 unspecified atom stereocenters. The van der Waals surface area contributed by atoms with Crippen LogP contribution in [-0.2, 0) is 22.9 Å². The zero-order valence-electron chi connectivity index (χ0n) is 13.8. The van der Waals surface area contributed by atoms with Crippen LogP contribution in [0.3, 0.4) is 0 Å². The van der Waals surface area contributed by atoms with Gasteiger partial charge in [-0.2, -0.15) is 0 Å². The molecule has 0 atom stereocenters. The standard InChI is InChI=1S/C15H23O8P/c1-3-21-24(19,22-4-2)23-11-6-5-10-20-15(18)12-8-7-9-13(16)14(12)17/h7-9,16-17H,3-6,10-11H2,1-2H3. The Balaban J connectivity index is 2.30. The van der Waals surface area contributed by atoms with Crippen LogP contribution in [0, 0.1) is 0 Å². The van der Waals surface area contributed by atoms with E-state index in [1.165, 1.54) is 18.2 Å². The number of para-hydroxylation sites is 1. The first-order chi connectivity index (χ1) is 11.4. The average molecular weight is 362 g/mol. The number of aromatic hydroxyl groups is 2. The maximum absolute atomic E-state index is 12.0. The maximum atomic E-state index is 12.0. The first-order valence-electron chi connectivity index (χ1n) is 7.65. The third kappa shape index (κ3) is 6.49. The largest absolute Gasteiger partial charge is 0.504 e. The normalized spacial score (nSPS) is 11.4. The van der Waals surface area contributed by atoms with Gasteiger partial charge in [0.1, 0.15) is 5.56 Å². The van der Waals surface area contributed by atoms with Gasteiger partial charge in [-0.3, -0.25) is 13.6 Å². The molecule has 0 aliphatic rings.